The van der Waals surface area contributed by atoms with Crippen LogP contribution in [0.15, 0.2) is 47.3 Å². The molecule has 0 spiro atoms. The predicted octanol–water partition coefficient (Wildman–Crippen LogP) is 4.22. The van der Waals surface area contributed by atoms with E-state index in [1.54, 1.807) is 25.1 Å². The molecule has 0 unspecified atom stereocenters. The maximum absolute atomic E-state index is 12.7. The smallest absolute Gasteiger partial charge is 0.345 e. The molecule has 0 bridgehead atoms. The standard InChI is InChI=1S/C23H24ClN3O3/c1-2-30-23(29)20-21(17-10-9-16(24)14-18(17)26-22(20)28)25-11-13-27-12-5-7-15-6-3-4-8-19(15)27/h3-4,6,8-10,14H,2,5,7,11-13H2,1H3,(H2,25,26,28). The number of nitrogens with zero attached hydrogens (tertiary/aromatic N) is 1. The second-order valence-corrected chi connectivity index (χ2v) is 7.70. The van der Waals surface area contributed by atoms with Crippen LogP contribution in [0.1, 0.15) is 29.3 Å². The van der Waals surface area contributed by atoms with E-state index in [2.05, 4.69) is 39.5 Å². The Morgan fingerprint density at radius 3 is 2.93 bits per heavy atom. The third-order valence-electron chi connectivity index (χ3n) is 5.35. The molecule has 0 saturated carbocycles. The summed E-state index contributed by atoms with van der Waals surface area (Å²) in [6, 6.07) is 13.7. The van der Waals surface area contributed by atoms with Gasteiger partial charge in [-0.05, 0) is 49.6 Å². The molecule has 3 aromatic rings. The number of H-pyrrole nitrogens is 1. The Balaban J connectivity index is 1.64. The number of benzene rings is 2. The lowest BCUT2D eigenvalue weighted by atomic mass is 10.0. The molecule has 156 valence electrons. The van der Waals surface area contributed by atoms with Crippen LogP contribution < -0.4 is 15.8 Å². The Morgan fingerprint density at radius 2 is 2.10 bits per heavy atom. The average Bonchev–Trinajstić information content (AvgIpc) is 2.73. The molecule has 6 nitrogen and oxygen atoms in total. The molecule has 1 aliphatic heterocycles. The fourth-order valence-corrected chi connectivity index (χ4v) is 4.18. The summed E-state index contributed by atoms with van der Waals surface area (Å²) in [6.07, 6.45) is 2.20. The number of pyridine rings is 1. The topological polar surface area (TPSA) is 74.4 Å². The lowest BCUT2D eigenvalue weighted by Crippen LogP contribution is -2.34. The van der Waals surface area contributed by atoms with Crippen LogP contribution in [-0.2, 0) is 11.2 Å². The number of aromatic amines is 1. The van der Waals surface area contributed by atoms with Crippen LogP contribution in [0.3, 0.4) is 0 Å². The van der Waals surface area contributed by atoms with Crippen molar-refractivity contribution in [2.24, 2.45) is 0 Å². The minimum Gasteiger partial charge on any atom is -0.462 e. The van der Waals surface area contributed by atoms with E-state index < -0.39 is 11.5 Å². The van der Waals surface area contributed by atoms with Gasteiger partial charge in [0.25, 0.3) is 5.56 Å². The van der Waals surface area contributed by atoms with Gasteiger partial charge in [-0.1, -0.05) is 29.8 Å². The first-order chi connectivity index (χ1) is 14.6. The van der Waals surface area contributed by atoms with Gasteiger partial charge in [-0.2, -0.15) is 0 Å². The molecule has 7 heteroatoms. The molecule has 2 aromatic carbocycles. The van der Waals surface area contributed by atoms with Crippen LogP contribution in [0.5, 0.6) is 0 Å². The third kappa shape index (κ3) is 4.00. The Bertz CT molecular complexity index is 1140. The second-order valence-electron chi connectivity index (χ2n) is 7.26. The molecule has 4 rings (SSSR count). The van der Waals surface area contributed by atoms with Crippen molar-refractivity contribution in [1.82, 2.24) is 4.98 Å². The number of hydrogen-bond acceptors (Lipinski definition) is 5. The number of ether oxygens (including phenoxy) is 1. The van der Waals surface area contributed by atoms with Crippen molar-refractivity contribution in [3.63, 3.8) is 0 Å². The zero-order valence-electron chi connectivity index (χ0n) is 16.8. The van der Waals surface area contributed by atoms with Gasteiger partial charge in [-0.15, -0.1) is 0 Å². The summed E-state index contributed by atoms with van der Waals surface area (Å²) in [5.41, 5.74) is 3.16. The molecule has 30 heavy (non-hydrogen) atoms. The first kappa shape index (κ1) is 20.3. The summed E-state index contributed by atoms with van der Waals surface area (Å²) in [6.45, 7) is 4.22. The number of carbonyl (C=O) groups excluding carboxylic acids is 1. The summed E-state index contributed by atoms with van der Waals surface area (Å²) < 4.78 is 5.13. The highest BCUT2D eigenvalue weighted by Gasteiger charge is 2.21. The summed E-state index contributed by atoms with van der Waals surface area (Å²) in [5.74, 6) is -0.638. The molecule has 2 N–H and O–H groups in total. The highest BCUT2D eigenvalue weighted by Crippen LogP contribution is 2.28. The fourth-order valence-electron chi connectivity index (χ4n) is 4.01. The van der Waals surface area contributed by atoms with E-state index >= 15 is 0 Å². The highest BCUT2D eigenvalue weighted by atomic mass is 35.5. The van der Waals surface area contributed by atoms with Crippen molar-refractivity contribution >= 4 is 39.8 Å². The summed E-state index contributed by atoms with van der Waals surface area (Å²) in [7, 11) is 0. The number of esters is 1. The number of rotatable bonds is 6. The third-order valence-corrected chi connectivity index (χ3v) is 5.58. The molecule has 2 heterocycles. The largest absolute Gasteiger partial charge is 0.462 e. The number of anilines is 2. The lowest BCUT2D eigenvalue weighted by molar-refractivity contribution is 0.0525. The highest BCUT2D eigenvalue weighted by molar-refractivity contribution is 6.31. The average molecular weight is 426 g/mol. The summed E-state index contributed by atoms with van der Waals surface area (Å²) in [4.78, 5) is 30.2. The maximum atomic E-state index is 12.7. The van der Waals surface area contributed by atoms with Crippen LogP contribution in [-0.4, -0.2) is 37.2 Å². The van der Waals surface area contributed by atoms with Crippen LogP contribution >= 0.6 is 11.6 Å². The summed E-state index contributed by atoms with van der Waals surface area (Å²) >= 11 is 6.09. The first-order valence-corrected chi connectivity index (χ1v) is 10.6. The number of para-hydroxylation sites is 1. The molecule has 0 atom stereocenters. The van der Waals surface area contributed by atoms with Crippen molar-refractivity contribution in [3.05, 3.63) is 69.0 Å². The lowest BCUT2D eigenvalue weighted by Gasteiger charge is -2.31. The number of halogens is 1. The molecular formula is C23H24ClN3O3. The van der Waals surface area contributed by atoms with Gasteiger partial charge in [0.2, 0.25) is 0 Å². The number of aryl methyl sites for hydroxylation is 1. The van der Waals surface area contributed by atoms with Gasteiger partial charge in [-0.3, -0.25) is 4.79 Å². The molecule has 0 aliphatic carbocycles. The van der Waals surface area contributed by atoms with Crippen LogP contribution in [0, 0.1) is 0 Å². The van der Waals surface area contributed by atoms with E-state index in [9.17, 15) is 9.59 Å². The van der Waals surface area contributed by atoms with Gasteiger partial charge in [0.05, 0.1) is 17.8 Å². The van der Waals surface area contributed by atoms with Crippen molar-refractivity contribution in [3.8, 4) is 0 Å². The van der Waals surface area contributed by atoms with Crippen LogP contribution in [0.25, 0.3) is 10.9 Å². The molecule has 1 aromatic heterocycles. The quantitative estimate of drug-likeness (QED) is 0.578. The van der Waals surface area contributed by atoms with Crippen molar-refractivity contribution in [1.29, 1.82) is 0 Å². The van der Waals surface area contributed by atoms with E-state index in [1.165, 1.54) is 11.3 Å². The number of hydrogen-bond donors (Lipinski definition) is 2. The van der Waals surface area contributed by atoms with Gasteiger partial charge in [0.15, 0.2) is 0 Å². The van der Waals surface area contributed by atoms with Gasteiger partial charge in [0, 0.05) is 35.7 Å². The Hall–Kier alpha value is -2.99. The van der Waals surface area contributed by atoms with Gasteiger partial charge in [0.1, 0.15) is 5.56 Å². The zero-order valence-corrected chi connectivity index (χ0v) is 17.6. The minimum atomic E-state index is -0.638. The Morgan fingerprint density at radius 1 is 1.27 bits per heavy atom. The number of carbonyl (C=O) groups is 1. The second kappa shape index (κ2) is 8.79. The van der Waals surface area contributed by atoms with Gasteiger partial charge in [-0.25, -0.2) is 4.79 Å². The van der Waals surface area contributed by atoms with E-state index in [0.717, 1.165) is 31.3 Å². The number of aromatic nitrogens is 1. The SMILES string of the molecule is CCOC(=O)c1c(NCCN2CCCc3ccccc32)c2ccc(Cl)cc2[nH]c1=O. The monoisotopic (exact) mass is 425 g/mol. The molecule has 0 radical (unpaired) electrons. The first-order valence-electron chi connectivity index (χ1n) is 10.2. The van der Waals surface area contributed by atoms with E-state index in [0.29, 0.717) is 22.8 Å². The Labute approximate surface area is 179 Å². The normalized spacial score (nSPS) is 13.2. The molecule has 0 amide bonds. The Kier molecular flexibility index (Phi) is 5.95. The zero-order chi connectivity index (χ0) is 21.1. The van der Waals surface area contributed by atoms with Gasteiger partial charge < -0.3 is 19.9 Å². The summed E-state index contributed by atoms with van der Waals surface area (Å²) in [5, 5.41) is 4.56. The predicted molar refractivity (Wildman–Crippen MR) is 121 cm³/mol. The maximum Gasteiger partial charge on any atom is 0.345 e. The van der Waals surface area contributed by atoms with Crippen LogP contribution in [0.4, 0.5) is 11.4 Å². The minimum absolute atomic E-state index is 0.00860. The van der Waals surface area contributed by atoms with Crippen LogP contribution in [0.2, 0.25) is 5.02 Å². The van der Waals surface area contributed by atoms with Crippen molar-refractivity contribution < 1.29 is 9.53 Å². The van der Waals surface area contributed by atoms with Crippen molar-refractivity contribution in [2.75, 3.05) is 36.5 Å². The fraction of sp³-hybridized carbons (Fsp3) is 0.304. The molecule has 0 saturated heterocycles. The number of nitrogens with one attached hydrogen (secondary N) is 2. The molecular weight excluding hydrogens is 402 g/mol. The van der Waals surface area contributed by atoms with Gasteiger partial charge >= 0.3 is 5.97 Å². The molecule has 1 aliphatic rings. The van der Waals surface area contributed by atoms with E-state index in [1.807, 2.05) is 0 Å². The van der Waals surface area contributed by atoms with Crippen molar-refractivity contribution in [2.45, 2.75) is 19.8 Å². The van der Waals surface area contributed by atoms with E-state index in [4.69, 9.17) is 16.3 Å². The van der Waals surface area contributed by atoms with E-state index in [-0.39, 0.29) is 12.2 Å². The number of fused-ring (bicyclic) bond motifs is 2. The molecule has 0 fully saturated rings.